The molecule has 0 aromatic heterocycles. The summed E-state index contributed by atoms with van der Waals surface area (Å²) in [6.45, 7) is 3.63. The Hall–Kier alpha value is -2.15. The molecule has 0 spiro atoms. The predicted molar refractivity (Wildman–Crippen MR) is 61.2 cm³/mol. The second-order valence-electron chi connectivity index (χ2n) is 4.34. The van der Waals surface area contributed by atoms with Crippen LogP contribution in [0.15, 0.2) is 24.3 Å². The summed E-state index contributed by atoms with van der Waals surface area (Å²) in [4.78, 5) is 25.2. The molecule has 1 aliphatic heterocycles. The first-order valence-corrected chi connectivity index (χ1v) is 5.44. The van der Waals surface area contributed by atoms with Crippen LogP contribution < -0.4 is 0 Å². The summed E-state index contributed by atoms with van der Waals surface area (Å²) in [5, 5.41) is 9.08. The standard InChI is InChI=1S/C13H12N2O2/c1-8(2)11(7-14)15-12(16)9-5-3-4-6-10(9)13(15)17/h3-6,8,11H,1-2H3/t11-/m1/s1. The molecule has 0 saturated heterocycles. The number of hydrogen-bond acceptors (Lipinski definition) is 3. The van der Waals surface area contributed by atoms with Crippen LogP contribution in [-0.2, 0) is 0 Å². The second kappa shape index (κ2) is 4.02. The zero-order valence-corrected chi connectivity index (χ0v) is 9.68. The summed E-state index contributed by atoms with van der Waals surface area (Å²) in [5.41, 5.74) is 0.775. The molecule has 0 bridgehead atoms. The lowest BCUT2D eigenvalue weighted by Gasteiger charge is -2.22. The van der Waals surface area contributed by atoms with Gasteiger partial charge in [0, 0.05) is 0 Å². The highest BCUT2D eigenvalue weighted by atomic mass is 16.2. The summed E-state index contributed by atoms with van der Waals surface area (Å²) in [6.07, 6.45) is 0. The van der Waals surface area contributed by atoms with E-state index in [0.717, 1.165) is 4.90 Å². The zero-order valence-electron chi connectivity index (χ0n) is 9.68. The Balaban J connectivity index is 2.47. The molecule has 1 aliphatic rings. The SMILES string of the molecule is CC(C)[C@@H](C#N)N1C(=O)c2ccccc2C1=O. The highest BCUT2D eigenvalue weighted by Crippen LogP contribution is 2.26. The van der Waals surface area contributed by atoms with E-state index in [1.54, 1.807) is 24.3 Å². The van der Waals surface area contributed by atoms with Gasteiger partial charge in [-0.2, -0.15) is 5.26 Å². The van der Waals surface area contributed by atoms with Gasteiger partial charge < -0.3 is 0 Å². The van der Waals surface area contributed by atoms with Crippen molar-refractivity contribution in [3.8, 4) is 6.07 Å². The van der Waals surface area contributed by atoms with Crippen LogP contribution in [-0.4, -0.2) is 22.8 Å². The Labute approximate surface area is 99.5 Å². The lowest BCUT2D eigenvalue weighted by Crippen LogP contribution is -2.42. The Morgan fingerprint density at radius 3 is 1.94 bits per heavy atom. The summed E-state index contributed by atoms with van der Waals surface area (Å²) < 4.78 is 0. The molecule has 4 heteroatoms. The van der Waals surface area contributed by atoms with Gasteiger partial charge in [0.1, 0.15) is 6.04 Å². The summed E-state index contributed by atoms with van der Waals surface area (Å²) in [7, 11) is 0. The van der Waals surface area contributed by atoms with Gasteiger partial charge in [-0.15, -0.1) is 0 Å². The third-order valence-electron chi connectivity index (χ3n) is 2.87. The highest BCUT2D eigenvalue weighted by Gasteiger charge is 2.40. The van der Waals surface area contributed by atoms with Crippen LogP contribution in [0.5, 0.6) is 0 Å². The van der Waals surface area contributed by atoms with E-state index in [0.29, 0.717) is 11.1 Å². The maximum absolute atomic E-state index is 12.1. The van der Waals surface area contributed by atoms with Gasteiger partial charge in [-0.3, -0.25) is 14.5 Å². The first kappa shape index (κ1) is 11.3. The molecule has 1 aromatic rings. The normalized spacial score (nSPS) is 16.0. The van der Waals surface area contributed by atoms with Gasteiger partial charge in [-0.05, 0) is 18.1 Å². The number of fused-ring (bicyclic) bond motifs is 1. The number of rotatable bonds is 2. The highest BCUT2D eigenvalue weighted by molar-refractivity contribution is 6.21. The Morgan fingerprint density at radius 1 is 1.12 bits per heavy atom. The molecule has 0 unspecified atom stereocenters. The minimum absolute atomic E-state index is 0.0813. The Kier molecular flexibility index (Phi) is 2.68. The molecule has 86 valence electrons. The van der Waals surface area contributed by atoms with Crippen LogP contribution in [0.4, 0.5) is 0 Å². The van der Waals surface area contributed by atoms with Gasteiger partial charge in [0.15, 0.2) is 0 Å². The van der Waals surface area contributed by atoms with E-state index in [4.69, 9.17) is 5.26 Å². The van der Waals surface area contributed by atoms with E-state index in [1.807, 2.05) is 19.9 Å². The molecule has 2 amide bonds. The molecule has 0 saturated carbocycles. The van der Waals surface area contributed by atoms with Crippen LogP contribution in [0.1, 0.15) is 34.6 Å². The number of hydrogen-bond donors (Lipinski definition) is 0. The van der Waals surface area contributed by atoms with Crippen molar-refractivity contribution in [3.05, 3.63) is 35.4 Å². The number of nitrogens with zero attached hydrogens (tertiary/aromatic N) is 2. The van der Waals surface area contributed by atoms with Gasteiger partial charge >= 0.3 is 0 Å². The van der Waals surface area contributed by atoms with Gasteiger partial charge in [0.25, 0.3) is 11.8 Å². The number of amides is 2. The molecular weight excluding hydrogens is 216 g/mol. The van der Waals surface area contributed by atoms with Crippen molar-refractivity contribution < 1.29 is 9.59 Å². The van der Waals surface area contributed by atoms with Crippen molar-refractivity contribution in [1.29, 1.82) is 5.26 Å². The maximum atomic E-state index is 12.1. The molecule has 4 nitrogen and oxygen atoms in total. The van der Waals surface area contributed by atoms with Gasteiger partial charge in [0.2, 0.25) is 0 Å². The minimum atomic E-state index is -0.706. The van der Waals surface area contributed by atoms with Crippen molar-refractivity contribution in [3.63, 3.8) is 0 Å². The number of carbonyl (C=O) groups excluding carboxylic acids is 2. The lowest BCUT2D eigenvalue weighted by molar-refractivity contribution is 0.0588. The summed E-state index contributed by atoms with van der Waals surface area (Å²) in [6, 6.07) is 7.97. The van der Waals surface area contributed by atoms with Crippen molar-refractivity contribution in [2.45, 2.75) is 19.9 Å². The minimum Gasteiger partial charge on any atom is -0.269 e. The lowest BCUT2D eigenvalue weighted by atomic mass is 10.0. The van der Waals surface area contributed by atoms with Crippen molar-refractivity contribution in [2.75, 3.05) is 0 Å². The van der Waals surface area contributed by atoms with Crippen molar-refractivity contribution in [1.82, 2.24) is 4.90 Å². The molecule has 1 aromatic carbocycles. The van der Waals surface area contributed by atoms with E-state index in [1.165, 1.54) is 0 Å². The van der Waals surface area contributed by atoms with Crippen LogP contribution in [0.25, 0.3) is 0 Å². The summed E-state index contributed by atoms with van der Waals surface area (Å²) >= 11 is 0. The predicted octanol–water partition coefficient (Wildman–Crippen LogP) is 1.83. The summed E-state index contributed by atoms with van der Waals surface area (Å²) in [5.74, 6) is -0.820. The van der Waals surface area contributed by atoms with Crippen LogP contribution >= 0.6 is 0 Å². The van der Waals surface area contributed by atoms with Gasteiger partial charge in [-0.1, -0.05) is 26.0 Å². The van der Waals surface area contributed by atoms with Crippen LogP contribution in [0.3, 0.4) is 0 Å². The molecule has 2 rings (SSSR count). The third kappa shape index (κ3) is 1.60. The first-order chi connectivity index (χ1) is 8.07. The zero-order chi connectivity index (χ0) is 12.6. The number of nitriles is 1. The Bertz CT molecular complexity index is 493. The fourth-order valence-electron chi connectivity index (χ4n) is 1.97. The number of benzene rings is 1. The molecule has 1 heterocycles. The van der Waals surface area contributed by atoms with Crippen LogP contribution in [0.2, 0.25) is 0 Å². The molecule has 17 heavy (non-hydrogen) atoms. The average molecular weight is 228 g/mol. The Morgan fingerprint density at radius 2 is 1.59 bits per heavy atom. The molecule has 0 radical (unpaired) electrons. The molecule has 0 N–H and O–H groups in total. The van der Waals surface area contributed by atoms with Crippen molar-refractivity contribution in [2.24, 2.45) is 5.92 Å². The van der Waals surface area contributed by atoms with E-state index >= 15 is 0 Å². The fraction of sp³-hybridized carbons (Fsp3) is 0.308. The number of imide groups is 1. The fourth-order valence-corrected chi connectivity index (χ4v) is 1.97. The van der Waals surface area contributed by atoms with E-state index in [-0.39, 0.29) is 17.7 Å². The molecule has 1 atom stereocenters. The van der Waals surface area contributed by atoms with E-state index < -0.39 is 6.04 Å². The average Bonchev–Trinajstić information content (AvgIpc) is 2.56. The quantitative estimate of drug-likeness (QED) is 0.725. The largest absolute Gasteiger partial charge is 0.269 e. The maximum Gasteiger partial charge on any atom is 0.262 e. The van der Waals surface area contributed by atoms with E-state index in [9.17, 15) is 9.59 Å². The smallest absolute Gasteiger partial charge is 0.262 e. The monoisotopic (exact) mass is 228 g/mol. The molecule has 0 fully saturated rings. The third-order valence-corrected chi connectivity index (χ3v) is 2.87. The molecule has 0 aliphatic carbocycles. The second-order valence-corrected chi connectivity index (χ2v) is 4.34. The number of carbonyl (C=O) groups is 2. The van der Waals surface area contributed by atoms with Crippen LogP contribution in [0, 0.1) is 17.2 Å². The molecular formula is C13H12N2O2. The van der Waals surface area contributed by atoms with Crippen molar-refractivity contribution >= 4 is 11.8 Å². The van der Waals surface area contributed by atoms with Gasteiger partial charge in [0.05, 0.1) is 17.2 Å². The van der Waals surface area contributed by atoms with Gasteiger partial charge in [-0.25, -0.2) is 0 Å². The van der Waals surface area contributed by atoms with E-state index in [2.05, 4.69) is 0 Å². The topological polar surface area (TPSA) is 61.2 Å². The first-order valence-electron chi connectivity index (χ1n) is 5.44.